The van der Waals surface area contributed by atoms with E-state index in [1.165, 1.54) is 4.91 Å². The van der Waals surface area contributed by atoms with Gasteiger partial charge in [-0.25, -0.2) is 0 Å². The van der Waals surface area contributed by atoms with Crippen LogP contribution >= 0.6 is 0 Å². The average Bonchev–Trinajstić information content (AvgIpc) is 2.75. The summed E-state index contributed by atoms with van der Waals surface area (Å²) in [6.45, 7) is 6.24. The molecule has 94 valence electrons. The molecule has 0 bridgehead atoms. The highest BCUT2D eigenvalue weighted by Crippen LogP contribution is 2.31. The van der Waals surface area contributed by atoms with E-state index >= 15 is 0 Å². The van der Waals surface area contributed by atoms with Crippen LogP contribution in [0.3, 0.4) is 0 Å². The molecule has 1 heterocycles. The minimum atomic E-state index is -0.243. The monoisotopic (exact) mass is 238 g/mol. The Labute approximate surface area is 100 Å². The summed E-state index contributed by atoms with van der Waals surface area (Å²) in [7, 11) is 0. The summed E-state index contributed by atoms with van der Waals surface area (Å²) >= 11 is 0. The summed E-state index contributed by atoms with van der Waals surface area (Å²) in [5.74, 6) is -0.435. The van der Waals surface area contributed by atoms with Crippen LogP contribution in [0, 0.1) is 0 Å². The molecule has 0 radical (unpaired) electrons. The average molecular weight is 238 g/mol. The standard InChI is InChI=1S/C11H18N4O2/c1-4-17-11(16)8-5-6-9-10(8)14-15(13-9)12-7(2)3/h7-8,12H,4-6H2,1-3H3. The van der Waals surface area contributed by atoms with Crippen molar-refractivity contribution in [2.45, 2.75) is 45.6 Å². The molecular formula is C11H18N4O2. The van der Waals surface area contributed by atoms with E-state index in [1.807, 2.05) is 20.8 Å². The van der Waals surface area contributed by atoms with Crippen molar-refractivity contribution in [2.75, 3.05) is 12.0 Å². The predicted octanol–water partition coefficient (Wildman–Crippen LogP) is 0.823. The Bertz CT molecular complexity index is 414. The Kier molecular flexibility index (Phi) is 3.31. The Morgan fingerprint density at radius 1 is 1.59 bits per heavy atom. The molecule has 0 fully saturated rings. The molecule has 1 aromatic heterocycles. The summed E-state index contributed by atoms with van der Waals surface area (Å²) < 4.78 is 5.04. The summed E-state index contributed by atoms with van der Waals surface area (Å²) in [6, 6.07) is 0.253. The quantitative estimate of drug-likeness (QED) is 0.787. The van der Waals surface area contributed by atoms with E-state index in [2.05, 4.69) is 15.6 Å². The SMILES string of the molecule is CCOC(=O)C1CCc2nn(NC(C)C)nc21. The van der Waals surface area contributed by atoms with Gasteiger partial charge in [0.1, 0.15) is 11.6 Å². The van der Waals surface area contributed by atoms with E-state index in [-0.39, 0.29) is 17.9 Å². The van der Waals surface area contributed by atoms with Gasteiger partial charge < -0.3 is 4.74 Å². The first-order valence-corrected chi connectivity index (χ1v) is 6.01. The van der Waals surface area contributed by atoms with E-state index in [0.29, 0.717) is 6.61 Å². The Morgan fingerprint density at radius 2 is 2.35 bits per heavy atom. The molecule has 2 rings (SSSR count). The molecule has 0 saturated heterocycles. The first-order chi connectivity index (χ1) is 8.11. The molecule has 6 nitrogen and oxygen atoms in total. The smallest absolute Gasteiger partial charge is 0.315 e. The van der Waals surface area contributed by atoms with Crippen LogP contribution in [-0.2, 0) is 16.0 Å². The van der Waals surface area contributed by atoms with Gasteiger partial charge in [0.2, 0.25) is 0 Å². The highest BCUT2D eigenvalue weighted by atomic mass is 16.5. The molecule has 1 unspecified atom stereocenters. The van der Waals surface area contributed by atoms with Gasteiger partial charge in [0.15, 0.2) is 0 Å². The molecule has 1 N–H and O–H groups in total. The number of aryl methyl sites for hydroxylation is 1. The number of esters is 1. The molecule has 1 aliphatic rings. The van der Waals surface area contributed by atoms with Crippen molar-refractivity contribution in [3.05, 3.63) is 11.4 Å². The van der Waals surface area contributed by atoms with Gasteiger partial charge in [0, 0.05) is 6.04 Å². The van der Waals surface area contributed by atoms with Crippen LogP contribution in [0.2, 0.25) is 0 Å². The summed E-state index contributed by atoms with van der Waals surface area (Å²) in [6.07, 6.45) is 1.55. The minimum Gasteiger partial charge on any atom is -0.465 e. The third kappa shape index (κ3) is 2.40. The fourth-order valence-electron chi connectivity index (χ4n) is 1.98. The number of nitrogens with one attached hydrogen (secondary N) is 1. The number of fused-ring (bicyclic) bond motifs is 1. The van der Waals surface area contributed by atoms with Gasteiger partial charge in [-0.05, 0) is 33.6 Å². The molecule has 0 amide bonds. The fraction of sp³-hybridized carbons (Fsp3) is 0.727. The van der Waals surface area contributed by atoms with Crippen LogP contribution < -0.4 is 5.43 Å². The second-order valence-electron chi connectivity index (χ2n) is 4.45. The highest BCUT2D eigenvalue weighted by Gasteiger charge is 2.34. The minimum absolute atomic E-state index is 0.192. The molecule has 17 heavy (non-hydrogen) atoms. The normalized spacial score (nSPS) is 18.2. The zero-order valence-electron chi connectivity index (χ0n) is 10.4. The highest BCUT2D eigenvalue weighted by molar-refractivity contribution is 5.78. The van der Waals surface area contributed by atoms with Gasteiger partial charge in [0.25, 0.3) is 0 Å². The second kappa shape index (κ2) is 4.73. The van der Waals surface area contributed by atoms with Crippen molar-refractivity contribution in [1.82, 2.24) is 15.1 Å². The zero-order chi connectivity index (χ0) is 12.4. The zero-order valence-corrected chi connectivity index (χ0v) is 10.4. The topological polar surface area (TPSA) is 69.0 Å². The van der Waals surface area contributed by atoms with E-state index in [1.54, 1.807) is 0 Å². The molecule has 1 atom stereocenters. The maximum atomic E-state index is 11.7. The lowest BCUT2D eigenvalue weighted by atomic mass is 10.1. The van der Waals surface area contributed by atoms with Gasteiger partial charge in [-0.15, -0.1) is 10.2 Å². The first-order valence-electron chi connectivity index (χ1n) is 6.01. The summed E-state index contributed by atoms with van der Waals surface area (Å²) in [5, 5.41) is 8.62. The lowest BCUT2D eigenvalue weighted by molar-refractivity contribution is -0.145. The lowest BCUT2D eigenvalue weighted by Crippen LogP contribution is -2.25. The van der Waals surface area contributed by atoms with Crippen LogP contribution in [0.4, 0.5) is 0 Å². The third-order valence-corrected chi connectivity index (χ3v) is 2.66. The number of rotatable bonds is 4. The first kappa shape index (κ1) is 11.9. The van der Waals surface area contributed by atoms with E-state index in [0.717, 1.165) is 24.2 Å². The number of hydrogen-bond acceptors (Lipinski definition) is 5. The van der Waals surface area contributed by atoms with Crippen LogP contribution in [0.25, 0.3) is 0 Å². The molecule has 0 saturated carbocycles. The number of hydrogen-bond donors (Lipinski definition) is 1. The number of carbonyl (C=O) groups excluding carboxylic acids is 1. The van der Waals surface area contributed by atoms with Crippen molar-refractivity contribution in [1.29, 1.82) is 0 Å². The molecular weight excluding hydrogens is 220 g/mol. The van der Waals surface area contributed by atoms with Crippen LogP contribution in [0.1, 0.15) is 44.5 Å². The summed E-state index contributed by atoms with van der Waals surface area (Å²) in [4.78, 5) is 13.2. The number of carbonyl (C=O) groups is 1. The van der Waals surface area contributed by atoms with Crippen LogP contribution in [0.15, 0.2) is 0 Å². The van der Waals surface area contributed by atoms with E-state index < -0.39 is 0 Å². The molecule has 0 aromatic carbocycles. The van der Waals surface area contributed by atoms with Crippen molar-refractivity contribution in [2.24, 2.45) is 0 Å². The number of ether oxygens (including phenoxy) is 1. The molecule has 1 aromatic rings. The summed E-state index contributed by atoms with van der Waals surface area (Å²) in [5.41, 5.74) is 4.73. The van der Waals surface area contributed by atoms with Crippen molar-refractivity contribution in [3.63, 3.8) is 0 Å². The lowest BCUT2D eigenvalue weighted by Gasteiger charge is -2.09. The van der Waals surface area contributed by atoms with Gasteiger partial charge in [-0.2, -0.15) is 0 Å². The Morgan fingerprint density at radius 3 is 3.00 bits per heavy atom. The largest absolute Gasteiger partial charge is 0.465 e. The second-order valence-corrected chi connectivity index (χ2v) is 4.45. The number of nitrogens with zero attached hydrogens (tertiary/aromatic N) is 3. The molecule has 6 heteroatoms. The van der Waals surface area contributed by atoms with Crippen molar-refractivity contribution in [3.8, 4) is 0 Å². The van der Waals surface area contributed by atoms with Gasteiger partial charge in [0.05, 0.1) is 12.3 Å². The van der Waals surface area contributed by atoms with E-state index in [4.69, 9.17) is 4.74 Å². The Hall–Kier alpha value is -1.59. The Balaban J connectivity index is 2.14. The van der Waals surface area contributed by atoms with Gasteiger partial charge in [-0.3, -0.25) is 10.2 Å². The molecule has 0 aliphatic heterocycles. The number of aromatic nitrogens is 3. The maximum absolute atomic E-state index is 11.7. The van der Waals surface area contributed by atoms with Gasteiger partial charge in [-0.1, -0.05) is 4.91 Å². The maximum Gasteiger partial charge on any atom is 0.315 e. The third-order valence-electron chi connectivity index (χ3n) is 2.66. The van der Waals surface area contributed by atoms with Crippen molar-refractivity contribution >= 4 is 5.97 Å². The predicted molar refractivity (Wildman–Crippen MR) is 62.2 cm³/mol. The van der Waals surface area contributed by atoms with Crippen molar-refractivity contribution < 1.29 is 9.53 Å². The van der Waals surface area contributed by atoms with Crippen LogP contribution in [0.5, 0.6) is 0 Å². The molecule has 0 spiro atoms. The van der Waals surface area contributed by atoms with Gasteiger partial charge >= 0.3 is 5.97 Å². The molecule has 1 aliphatic carbocycles. The fourth-order valence-corrected chi connectivity index (χ4v) is 1.98. The van der Waals surface area contributed by atoms with E-state index in [9.17, 15) is 4.79 Å². The van der Waals surface area contributed by atoms with Crippen LogP contribution in [-0.4, -0.2) is 33.7 Å².